The fourth-order valence-electron chi connectivity index (χ4n) is 5.48. The van der Waals surface area contributed by atoms with E-state index in [9.17, 15) is 9.50 Å². The van der Waals surface area contributed by atoms with E-state index < -0.39 is 0 Å². The molecule has 0 amide bonds. The molecule has 0 radical (unpaired) electrons. The van der Waals surface area contributed by atoms with Crippen LogP contribution in [-0.2, 0) is 12.0 Å². The Labute approximate surface area is 196 Å². The number of aliphatic hydroxyl groups excluding tert-OH is 1. The molecular formula is C25H31Cl2FN2O. The summed E-state index contributed by atoms with van der Waals surface area (Å²) in [5, 5.41) is 10.7. The van der Waals surface area contributed by atoms with Crippen molar-refractivity contribution in [1.29, 1.82) is 0 Å². The van der Waals surface area contributed by atoms with Gasteiger partial charge in [0.2, 0.25) is 0 Å². The largest absolute Gasteiger partial charge is 0.391 e. The topological polar surface area (TPSA) is 26.7 Å². The van der Waals surface area contributed by atoms with Gasteiger partial charge in [0, 0.05) is 36.7 Å². The maximum absolute atomic E-state index is 14.1. The second kappa shape index (κ2) is 10.0. The summed E-state index contributed by atoms with van der Waals surface area (Å²) in [7, 11) is 0. The summed E-state index contributed by atoms with van der Waals surface area (Å²) in [5.41, 5.74) is 3.73. The Morgan fingerprint density at radius 2 is 1.68 bits per heavy atom. The van der Waals surface area contributed by atoms with Crippen LogP contribution in [0.4, 0.5) is 4.39 Å². The normalized spacial score (nSPS) is 25.0. The van der Waals surface area contributed by atoms with E-state index in [0.717, 1.165) is 51.0 Å². The summed E-state index contributed by atoms with van der Waals surface area (Å²) in [6.07, 6.45) is 7.32. The van der Waals surface area contributed by atoms with Gasteiger partial charge >= 0.3 is 0 Å². The van der Waals surface area contributed by atoms with Crippen molar-refractivity contribution in [2.45, 2.75) is 43.4 Å². The molecule has 2 atom stereocenters. The van der Waals surface area contributed by atoms with E-state index in [1.807, 2.05) is 12.1 Å². The number of nitrogens with zero attached hydrogens (tertiary/aromatic N) is 2. The van der Waals surface area contributed by atoms with Gasteiger partial charge in [-0.25, -0.2) is 4.39 Å². The van der Waals surface area contributed by atoms with Gasteiger partial charge in [-0.3, -0.25) is 9.80 Å². The van der Waals surface area contributed by atoms with Gasteiger partial charge in [-0.05, 0) is 49.5 Å². The summed E-state index contributed by atoms with van der Waals surface area (Å²) in [6, 6.07) is 15.9. The van der Waals surface area contributed by atoms with Gasteiger partial charge in [-0.2, -0.15) is 0 Å². The van der Waals surface area contributed by atoms with E-state index in [1.54, 1.807) is 6.07 Å². The molecule has 6 heteroatoms. The molecule has 2 heterocycles. The first-order valence-electron chi connectivity index (χ1n) is 10.8. The van der Waals surface area contributed by atoms with Crippen LogP contribution < -0.4 is 0 Å². The lowest BCUT2D eigenvalue weighted by molar-refractivity contribution is -0.0258. The number of hydrogen-bond acceptors (Lipinski definition) is 3. The van der Waals surface area contributed by atoms with Crippen molar-refractivity contribution in [3.8, 4) is 0 Å². The van der Waals surface area contributed by atoms with E-state index in [4.69, 9.17) is 0 Å². The first-order valence-corrected chi connectivity index (χ1v) is 10.8. The maximum atomic E-state index is 14.1. The summed E-state index contributed by atoms with van der Waals surface area (Å²) >= 11 is 0. The minimum absolute atomic E-state index is 0. The molecule has 5 rings (SSSR count). The highest BCUT2D eigenvalue weighted by Gasteiger charge is 2.41. The van der Waals surface area contributed by atoms with Crippen molar-refractivity contribution in [1.82, 2.24) is 9.80 Å². The Morgan fingerprint density at radius 3 is 2.45 bits per heavy atom. The Hall–Kier alpha value is -1.43. The molecule has 3 nitrogen and oxygen atoms in total. The van der Waals surface area contributed by atoms with E-state index in [-0.39, 0.29) is 48.2 Å². The molecule has 2 unspecified atom stereocenters. The molecule has 0 saturated carbocycles. The van der Waals surface area contributed by atoms with Gasteiger partial charge in [-0.15, -0.1) is 24.8 Å². The zero-order chi connectivity index (χ0) is 19.8. The number of piperidine rings is 2. The Balaban J connectivity index is 0.00000136. The Kier molecular flexibility index (Phi) is 7.82. The number of likely N-dealkylation sites (tertiary alicyclic amines) is 2. The zero-order valence-electron chi connectivity index (χ0n) is 17.6. The molecule has 1 spiro atoms. The number of halogens is 3. The fraction of sp³-hybridized carbons (Fsp3) is 0.440. The SMILES string of the molecule is Cl.Cl.OC1CCN(Cc2ccccc2F)CC1N1CCC2(C=Cc3ccccc32)CC1. The number of benzene rings is 2. The molecule has 3 aliphatic rings. The molecule has 2 fully saturated rings. The number of hydrogen-bond donors (Lipinski definition) is 1. The minimum atomic E-state index is -0.299. The van der Waals surface area contributed by atoms with Crippen LogP contribution in [0.2, 0.25) is 0 Å². The lowest BCUT2D eigenvalue weighted by atomic mass is 9.74. The molecule has 2 aromatic carbocycles. The van der Waals surface area contributed by atoms with Crippen molar-refractivity contribution < 1.29 is 9.50 Å². The van der Waals surface area contributed by atoms with Crippen LogP contribution in [0.5, 0.6) is 0 Å². The first-order chi connectivity index (χ1) is 14.1. The van der Waals surface area contributed by atoms with Crippen molar-refractivity contribution >= 4 is 30.9 Å². The summed E-state index contributed by atoms with van der Waals surface area (Å²) < 4.78 is 14.1. The summed E-state index contributed by atoms with van der Waals surface area (Å²) in [4.78, 5) is 4.77. The lowest BCUT2D eigenvalue weighted by Crippen LogP contribution is -2.57. The number of rotatable bonds is 3. The molecular weight excluding hydrogens is 434 g/mol. The van der Waals surface area contributed by atoms with Crippen molar-refractivity contribution in [3.63, 3.8) is 0 Å². The van der Waals surface area contributed by atoms with Crippen LogP contribution in [0, 0.1) is 5.82 Å². The summed E-state index contributed by atoms with van der Waals surface area (Å²) in [5.74, 6) is -0.137. The third-order valence-electron chi connectivity index (χ3n) is 7.22. The van der Waals surface area contributed by atoms with Gasteiger partial charge in [-0.1, -0.05) is 54.6 Å². The highest BCUT2D eigenvalue weighted by molar-refractivity contribution is 5.85. The van der Waals surface area contributed by atoms with Crippen molar-refractivity contribution in [2.75, 3.05) is 26.2 Å². The second-order valence-corrected chi connectivity index (χ2v) is 8.86. The van der Waals surface area contributed by atoms with Crippen molar-refractivity contribution in [2.24, 2.45) is 0 Å². The molecule has 0 bridgehead atoms. The predicted molar refractivity (Wildman–Crippen MR) is 129 cm³/mol. The van der Waals surface area contributed by atoms with Gasteiger partial charge in [0.1, 0.15) is 5.82 Å². The van der Waals surface area contributed by atoms with E-state index in [0.29, 0.717) is 6.54 Å². The molecule has 2 saturated heterocycles. The molecule has 168 valence electrons. The smallest absolute Gasteiger partial charge is 0.127 e. The maximum Gasteiger partial charge on any atom is 0.127 e. The standard InChI is InChI=1S/C25H29FN2O.2ClH/c26-22-8-4-2-6-20(22)17-27-14-10-24(29)23(18-27)28-15-12-25(13-16-28)11-9-19-5-1-3-7-21(19)25;;/h1-9,11,23-24,29H,10,12-18H2;2*1H. The van der Waals surface area contributed by atoms with E-state index >= 15 is 0 Å². The average Bonchev–Trinajstić information content (AvgIpc) is 3.10. The fourth-order valence-corrected chi connectivity index (χ4v) is 5.48. The number of allylic oxidation sites excluding steroid dienone is 1. The third-order valence-corrected chi connectivity index (χ3v) is 7.22. The Bertz CT molecular complexity index is 914. The third kappa shape index (κ3) is 4.69. The van der Waals surface area contributed by atoms with Crippen LogP contribution in [0.3, 0.4) is 0 Å². The van der Waals surface area contributed by atoms with Crippen LogP contribution in [0.25, 0.3) is 6.08 Å². The first kappa shape index (κ1) is 24.2. The monoisotopic (exact) mass is 464 g/mol. The molecule has 2 aromatic rings. The highest BCUT2D eigenvalue weighted by atomic mass is 35.5. The highest BCUT2D eigenvalue weighted by Crippen LogP contribution is 2.44. The van der Waals surface area contributed by atoms with Crippen LogP contribution in [-0.4, -0.2) is 53.2 Å². The predicted octanol–water partition coefficient (Wildman–Crippen LogP) is 4.67. The van der Waals surface area contributed by atoms with Gasteiger partial charge in [0.05, 0.1) is 6.10 Å². The minimum Gasteiger partial charge on any atom is -0.391 e. The van der Waals surface area contributed by atoms with E-state index in [2.05, 4.69) is 46.2 Å². The van der Waals surface area contributed by atoms with Crippen molar-refractivity contribution in [3.05, 3.63) is 77.1 Å². The van der Waals surface area contributed by atoms with Crippen LogP contribution in [0.1, 0.15) is 36.0 Å². The van der Waals surface area contributed by atoms with Gasteiger partial charge < -0.3 is 5.11 Å². The summed E-state index contributed by atoms with van der Waals surface area (Å²) in [6.45, 7) is 4.22. The van der Waals surface area contributed by atoms with Crippen LogP contribution >= 0.6 is 24.8 Å². The molecule has 0 aromatic heterocycles. The molecule has 31 heavy (non-hydrogen) atoms. The van der Waals surface area contributed by atoms with Gasteiger partial charge in [0.25, 0.3) is 0 Å². The number of fused-ring (bicyclic) bond motifs is 2. The van der Waals surface area contributed by atoms with Gasteiger partial charge in [0.15, 0.2) is 0 Å². The quantitative estimate of drug-likeness (QED) is 0.714. The molecule has 1 N–H and O–H groups in total. The zero-order valence-corrected chi connectivity index (χ0v) is 19.3. The molecule has 1 aliphatic carbocycles. The average molecular weight is 465 g/mol. The van der Waals surface area contributed by atoms with E-state index in [1.165, 1.54) is 17.2 Å². The van der Waals surface area contributed by atoms with Crippen LogP contribution in [0.15, 0.2) is 54.6 Å². The number of aliphatic hydroxyl groups is 1. The molecule has 2 aliphatic heterocycles. The Morgan fingerprint density at radius 1 is 0.968 bits per heavy atom. The second-order valence-electron chi connectivity index (χ2n) is 8.86. The lowest BCUT2D eigenvalue weighted by Gasteiger charge is -2.47.